The summed E-state index contributed by atoms with van der Waals surface area (Å²) >= 11 is 4.46. The highest BCUT2D eigenvalue weighted by molar-refractivity contribution is 9.11. The van der Waals surface area contributed by atoms with E-state index in [1.807, 2.05) is 0 Å². The third-order valence-electron chi connectivity index (χ3n) is 2.09. The maximum Gasteiger partial charge on any atom is 0.230 e. The van der Waals surface area contributed by atoms with Gasteiger partial charge in [-0.05, 0) is 27.6 Å². The minimum atomic E-state index is -0.731. The zero-order valence-electron chi connectivity index (χ0n) is 8.91. The van der Waals surface area contributed by atoms with E-state index < -0.39 is 17.5 Å². The third-order valence-corrected chi connectivity index (χ3v) is 3.48. The lowest BCUT2D eigenvalue weighted by Gasteiger charge is -2.03. The molecule has 1 heterocycles. The lowest BCUT2D eigenvalue weighted by molar-refractivity contribution is -0.115. The first-order valence-corrected chi connectivity index (χ1v) is 6.50. The number of carbonyl (C=O) groups excluding carboxylic acids is 1. The van der Waals surface area contributed by atoms with Gasteiger partial charge in [0.15, 0.2) is 5.13 Å². The quantitative estimate of drug-likeness (QED) is 0.936. The van der Waals surface area contributed by atoms with Crippen molar-refractivity contribution in [2.75, 3.05) is 5.32 Å². The second-order valence-corrected chi connectivity index (χ2v) is 5.84. The number of benzene rings is 1. The third kappa shape index (κ3) is 3.33. The van der Waals surface area contributed by atoms with Crippen LogP contribution in [0.3, 0.4) is 0 Å². The molecule has 0 bridgehead atoms. The first-order chi connectivity index (χ1) is 8.54. The number of nitrogens with zero attached hydrogens (tertiary/aromatic N) is 1. The van der Waals surface area contributed by atoms with Gasteiger partial charge in [-0.15, -0.1) is 0 Å². The predicted octanol–water partition coefficient (Wildman–Crippen LogP) is 3.37. The van der Waals surface area contributed by atoms with Gasteiger partial charge in [-0.25, -0.2) is 13.8 Å². The molecule has 1 N–H and O–H groups in total. The molecule has 1 aromatic heterocycles. The Hall–Kier alpha value is -1.34. The van der Waals surface area contributed by atoms with Gasteiger partial charge in [-0.2, -0.15) is 0 Å². The van der Waals surface area contributed by atoms with Gasteiger partial charge in [0.2, 0.25) is 5.91 Å². The molecule has 0 spiro atoms. The van der Waals surface area contributed by atoms with Crippen molar-refractivity contribution in [1.82, 2.24) is 4.98 Å². The number of amides is 1. The number of hydrogen-bond donors (Lipinski definition) is 1. The summed E-state index contributed by atoms with van der Waals surface area (Å²) in [4.78, 5) is 15.5. The van der Waals surface area contributed by atoms with Crippen LogP contribution in [0.25, 0.3) is 0 Å². The lowest BCUT2D eigenvalue weighted by Crippen LogP contribution is -2.15. The second kappa shape index (κ2) is 5.53. The second-order valence-electron chi connectivity index (χ2n) is 3.43. The normalized spacial score (nSPS) is 10.4. The van der Waals surface area contributed by atoms with Crippen LogP contribution in [0.2, 0.25) is 0 Å². The van der Waals surface area contributed by atoms with Gasteiger partial charge in [-0.3, -0.25) is 4.79 Å². The van der Waals surface area contributed by atoms with Gasteiger partial charge < -0.3 is 5.32 Å². The number of halogens is 3. The summed E-state index contributed by atoms with van der Waals surface area (Å²) in [5.74, 6) is -1.80. The summed E-state index contributed by atoms with van der Waals surface area (Å²) in [6.45, 7) is 0. The average Bonchev–Trinajstić information content (AvgIpc) is 2.68. The zero-order chi connectivity index (χ0) is 13.1. The van der Waals surface area contributed by atoms with E-state index in [1.54, 1.807) is 6.20 Å². The minimum absolute atomic E-state index is 0.143. The average molecular weight is 333 g/mol. The Bertz CT molecular complexity index is 588. The summed E-state index contributed by atoms with van der Waals surface area (Å²) in [5, 5.41) is 2.96. The summed E-state index contributed by atoms with van der Waals surface area (Å²) in [6.07, 6.45) is 1.39. The van der Waals surface area contributed by atoms with Gasteiger partial charge in [0.25, 0.3) is 0 Å². The largest absolute Gasteiger partial charge is 0.302 e. The maximum atomic E-state index is 13.3. The fraction of sp³-hybridized carbons (Fsp3) is 0.0909. The number of nitrogens with one attached hydrogen (secondary N) is 1. The van der Waals surface area contributed by atoms with Crippen molar-refractivity contribution in [3.63, 3.8) is 0 Å². The summed E-state index contributed by atoms with van der Waals surface area (Å²) < 4.78 is 26.8. The van der Waals surface area contributed by atoms with Crippen LogP contribution in [-0.2, 0) is 11.2 Å². The van der Waals surface area contributed by atoms with Crippen LogP contribution in [-0.4, -0.2) is 10.9 Å². The highest BCUT2D eigenvalue weighted by Crippen LogP contribution is 2.23. The zero-order valence-corrected chi connectivity index (χ0v) is 11.3. The van der Waals surface area contributed by atoms with E-state index in [2.05, 4.69) is 26.2 Å². The summed E-state index contributed by atoms with van der Waals surface area (Å²) in [6, 6.07) is 3.12. The molecule has 1 aromatic carbocycles. The smallest absolute Gasteiger partial charge is 0.230 e. The first-order valence-electron chi connectivity index (χ1n) is 4.89. The first kappa shape index (κ1) is 13.1. The molecule has 0 aliphatic heterocycles. The molecule has 0 aliphatic carbocycles. The highest BCUT2D eigenvalue weighted by atomic mass is 79.9. The van der Waals surface area contributed by atoms with Crippen molar-refractivity contribution in [1.29, 1.82) is 0 Å². The Labute approximate surface area is 114 Å². The number of carbonyl (C=O) groups is 1. The lowest BCUT2D eigenvalue weighted by atomic mass is 10.1. The van der Waals surface area contributed by atoms with E-state index >= 15 is 0 Å². The molecule has 0 radical (unpaired) electrons. The van der Waals surface area contributed by atoms with Crippen molar-refractivity contribution >= 4 is 38.3 Å². The van der Waals surface area contributed by atoms with E-state index in [-0.39, 0.29) is 12.0 Å². The van der Waals surface area contributed by atoms with Crippen molar-refractivity contribution in [3.8, 4) is 0 Å². The SMILES string of the molecule is O=C(Cc1ccc(F)cc1F)Nc1ncc(Br)s1. The Morgan fingerprint density at radius 1 is 1.44 bits per heavy atom. The Morgan fingerprint density at radius 2 is 2.22 bits per heavy atom. The number of thiazole rings is 1. The van der Waals surface area contributed by atoms with Crippen molar-refractivity contribution < 1.29 is 13.6 Å². The minimum Gasteiger partial charge on any atom is -0.302 e. The van der Waals surface area contributed by atoms with Crippen LogP contribution in [0.1, 0.15) is 5.56 Å². The monoisotopic (exact) mass is 332 g/mol. The number of hydrogen-bond acceptors (Lipinski definition) is 3. The van der Waals surface area contributed by atoms with Crippen molar-refractivity contribution in [2.45, 2.75) is 6.42 Å². The van der Waals surface area contributed by atoms with Gasteiger partial charge in [-0.1, -0.05) is 17.4 Å². The Balaban J connectivity index is 2.03. The summed E-state index contributed by atoms with van der Waals surface area (Å²) in [5.41, 5.74) is 0.143. The number of rotatable bonds is 3. The molecule has 0 saturated carbocycles. The van der Waals surface area contributed by atoms with Crippen LogP contribution >= 0.6 is 27.3 Å². The van der Waals surface area contributed by atoms with Crippen molar-refractivity contribution in [3.05, 3.63) is 45.4 Å². The van der Waals surface area contributed by atoms with Gasteiger partial charge in [0, 0.05) is 6.07 Å². The molecular weight excluding hydrogens is 326 g/mol. The molecule has 1 amide bonds. The van der Waals surface area contributed by atoms with Crippen LogP contribution in [0, 0.1) is 11.6 Å². The molecule has 0 atom stereocenters. The maximum absolute atomic E-state index is 13.3. The fourth-order valence-corrected chi connectivity index (χ4v) is 2.44. The van der Waals surface area contributed by atoms with E-state index in [4.69, 9.17) is 0 Å². The molecule has 3 nitrogen and oxygen atoms in total. The molecule has 2 aromatic rings. The van der Waals surface area contributed by atoms with Gasteiger partial charge in [0.1, 0.15) is 11.6 Å². The molecule has 2 rings (SSSR count). The molecular formula is C11H7BrF2N2OS. The molecule has 0 fully saturated rings. The Kier molecular flexibility index (Phi) is 4.03. The van der Waals surface area contributed by atoms with Crippen LogP contribution in [0.5, 0.6) is 0 Å². The van der Waals surface area contributed by atoms with Crippen LogP contribution in [0.4, 0.5) is 13.9 Å². The van der Waals surface area contributed by atoms with E-state index in [0.717, 1.165) is 15.9 Å². The fourth-order valence-electron chi connectivity index (χ4n) is 1.31. The van der Waals surface area contributed by atoms with Crippen molar-refractivity contribution in [2.24, 2.45) is 0 Å². The topological polar surface area (TPSA) is 42.0 Å². The van der Waals surface area contributed by atoms with E-state index in [9.17, 15) is 13.6 Å². The predicted molar refractivity (Wildman–Crippen MR) is 68.5 cm³/mol. The molecule has 94 valence electrons. The summed E-state index contributed by atoms with van der Waals surface area (Å²) in [7, 11) is 0. The van der Waals surface area contributed by atoms with Crippen LogP contribution in [0.15, 0.2) is 28.2 Å². The molecule has 7 heteroatoms. The van der Waals surface area contributed by atoms with Crippen LogP contribution < -0.4 is 5.32 Å². The van der Waals surface area contributed by atoms with E-state index in [1.165, 1.54) is 17.4 Å². The molecule has 0 aliphatic rings. The number of anilines is 1. The Morgan fingerprint density at radius 3 is 2.83 bits per heavy atom. The molecule has 0 unspecified atom stereocenters. The molecule has 18 heavy (non-hydrogen) atoms. The standard InChI is InChI=1S/C11H7BrF2N2OS/c12-9-5-15-11(18-9)16-10(17)3-6-1-2-7(13)4-8(6)14/h1-2,4-5H,3H2,(H,15,16,17). The van der Waals surface area contributed by atoms with Gasteiger partial charge in [0.05, 0.1) is 16.4 Å². The van der Waals surface area contributed by atoms with Gasteiger partial charge >= 0.3 is 0 Å². The highest BCUT2D eigenvalue weighted by Gasteiger charge is 2.10. The van der Waals surface area contributed by atoms with E-state index in [0.29, 0.717) is 5.13 Å². The molecule has 0 saturated heterocycles. The number of aromatic nitrogens is 1.